The Balaban J connectivity index is 1.84. The van der Waals surface area contributed by atoms with E-state index in [1.807, 2.05) is 50.2 Å². The third-order valence-corrected chi connectivity index (χ3v) is 6.82. The number of fused-ring (bicyclic) bond motifs is 4. The van der Waals surface area contributed by atoms with Crippen LogP contribution >= 0.6 is 15.9 Å². The Morgan fingerprint density at radius 3 is 2.69 bits per heavy atom. The number of amides is 1. The molecule has 1 aromatic heterocycles. The summed E-state index contributed by atoms with van der Waals surface area (Å²) < 4.78 is 11.9. The highest BCUT2D eigenvalue weighted by molar-refractivity contribution is 9.10. The summed E-state index contributed by atoms with van der Waals surface area (Å²) in [5.41, 5.74) is 8.50. The van der Waals surface area contributed by atoms with Gasteiger partial charge in [-0.05, 0) is 49.7 Å². The number of aromatic amines is 1. The molecule has 9 heteroatoms. The molecule has 0 fully saturated rings. The fourth-order valence-electron chi connectivity index (χ4n) is 4.40. The molecule has 0 aliphatic carbocycles. The molecule has 3 heterocycles. The van der Waals surface area contributed by atoms with Crippen LogP contribution in [0.15, 0.2) is 52.3 Å². The molecule has 3 aromatic rings. The minimum absolute atomic E-state index is 0.0149. The maximum absolute atomic E-state index is 13.7. The van der Waals surface area contributed by atoms with Gasteiger partial charge < -0.3 is 20.5 Å². The standard InChI is InChI=1S/C23H18BrN5O3/c1-3-31-13-7-5-12(6-8-13)19-17-21(29-28-19)32-20(26)14(10-25)23(17)16-15(27-22(23)30)9-4-11(2)18(16)24/h4-9H,3,26H2,1-2H3,(H,27,30)(H,28,29). The van der Waals surface area contributed by atoms with Gasteiger partial charge in [0.2, 0.25) is 17.7 Å². The van der Waals surface area contributed by atoms with Crippen LogP contribution in [0.5, 0.6) is 11.6 Å². The van der Waals surface area contributed by atoms with E-state index in [9.17, 15) is 10.1 Å². The summed E-state index contributed by atoms with van der Waals surface area (Å²) >= 11 is 3.64. The first-order valence-corrected chi connectivity index (χ1v) is 10.7. The normalized spacial score (nSPS) is 18.6. The van der Waals surface area contributed by atoms with Crippen LogP contribution in [0, 0.1) is 18.3 Å². The van der Waals surface area contributed by atoms with Crippen molar-refractivity contribution >= 4 is 27.5 Å². The zero-order chi connectivity index (χ0) is 22.6. The third kappa shape index (κ3) is 2.53. The smallest absolute Gasteiger partial charge is 0.245 e. The molecule has 160 valence electrons. The Kier molecular flexibility index (Phi) is 4.50. The molecule has 5 rings (SSSR count). The summed E-state index contributed by atoms with van der Waals surface area (Å²) in [6, 6.07) is 13.2. The molecule has 1 atom stereocenters. The van der Waals surface area contributed by atoms with Gasteiger partial charge in [-0.1, -0.05) is 22.0 Å². The van der Waals surface area contributed by atoms with E-state index in [1.54, 1.807) is 0 Å². The molecule has 1 unspecified atom stereocenters. The predicted octanol–water partition coefficient (Wildman–Crippen LogP) is 3.87. The van der Waals surface area contributed by atoms with Crippen molar-refractivity contribution in [3.8, 4) is 29.0 Å². The minimum Gasteiger partial charge on any atom is -0.494 e. The number of carbonyl (C=O) groups is 1. The molecule has 0 saturated carbocycles. The van der Waals surface area contributed by atoms with Gasteiger partial charge in [-0.2, -0.15) is 5.26 Å². The zero-order valence-electron chi connectivity index (χ0n) is 17.2. The van der Waals surface area contributed by atoms with E-state index in [4.69, 9.17) is 15.2 Å². The average Bonchev–Trinajstić information content (AvgIpc) is 3.32. The van der Waals surface area contributed by atoms with E-state index in [0.717, 1.165) is 16.9 Å². The van der Waals surface area contributed by atoms with Crippen molar-refractivity contribution in [2.24, 2.45) is 5.73 Å². The zero-order valence-corrected chi connectivity index (χ0v) is 18.8. The number of ether oxygens (including phenoxy) is 2. The summed E-state index contributed by atoms with van der Waals surface area (Å²) in [6.45, 7) is 4.38. The molecule has 2 aromatic carbocycles. The molecule has 0 bridgehead atoms. The van der Waals surface area contributed by atoms with Gasteiger partial charge in [0.25, 0.3) is 0 Å². The SMILES string of the molecule is CCOc1ccc(-c2[nH]nc3c2C2(C(=O)Nc4ccc(C)c(Br)c42)C(C#N)=C(N)O3)cc1. The fraction of sp³-hybridized carbons (Fsp3) is 0.174. The lowest BCUT2D eigenvalue weighted by molar-refractivity contribution is -0.118. The Morgan fingerprint density at radius 2 is 2.00 bits per heavy atom. The summed E-state index contributed by atoms with van der Waals surface area (Å²) in [4.78, 5) is 13.7. The Hall–Kier alpha value is -3.77. The molecule has 1 amide bonds. The number of carbonyl (C=O) groups excluding carboxylic acids is 1. The second-order valence-corrected chi connectivity index (χ2v) is 8.31. The number of nitrogens with one attached hydrogen (secondary N) is 2. The Bertz CT molecular complexity index is 1350. The first-order chi connectivity index (χ1) is 15.4. The maximum Gasteiger partial charge on any atom is 0.245 e. The van der Waals surface area contributed by atoms with E-state index < -0.39 is 11.3 Å². The van der Waals surface area contributed by atoms with Crippen LogP contribution in [0.25, 0.3) is 11.3 Å². The fourth-order valence-corrected chi connectivity index (χ4v) is 5.05. The molecule has 2 aliphatic heterocycles. The molecular weight excluding hydrogens is 474 g/mol. The van der Waals surface area contributed by atoms with E-state index in [2.05, 4.69) is 37.5 Å². The number of nitrogens with two attached hydrogens (primary N) is 1. The number of benzene rings is 2. The molecule has 2 aliphatic rings. The van der Waals surface area contributed by atoms with Crippen LogP contribution in [0.3, 0.4) is 0 Å². The number of halogens is 1. The van der Waals surface area contributed by atoms with Gasteiger partial charge in [-0.15, -0.1) is 5.10 Å². The number of aryl methyl sites for hydroxylation is 1. The van der Waals surface area contributed by atoms with Gasteiger partial charge in [0, 0.05) is 21.3 Å². The largest absolute Gasteiger partial charge is 0.494 e. The Morgan fingerprint density at radius 1 is 1.25 bits per heavy atom. The quantitative estimate of drug-likeness (QED) is 0.510. The van der Waals surface area contributed by atoms with Crippen LogP contribution in [0.4, 0.5) is 5.69 Å². The number of nitriles is 1. The Labute approximate surface area is 192 Å². The second-order valence-electron chi connectivity index (χ2n) is 7.51. The van der Waals surface area contributed by atoms with Gasteiger partial charge in [-0.3, -0.25) is 9.89 Å². The van der Waals surface area contributed by atoms with E-state index in [-0.39, 0.29) is 17.3 Å². The maximum atomic E-state index is 13.7. The number of hydrogen-bond donors (Lipinski definition) is 3. The van der Waals surface area contributed by atoms with Crippen molar-refractivity contribution in [3.63, 3.8) is 0 Å². The highest BCUT2D eigenvalue weighted by atomic mass is 79.9. The topological polar surface area (TPSA) is 126 Å². The monoisotopic (exact) mass is 491 g/mol. The number of aromatic nitrogens is 2. The summed E-state index contributed by atoms with van der Waals surface area (Å²) in [5, 5.41) is 20.3. The van der Waals surface area contributed by atoms with Crippen molar-refractivity contribution in [2.75, 3.05) is 11.9 Å². The lowest BCUT2D eigenvalue weighted by Crippen LogP contribution is -2.42. The molecule has 32 heavy (non-hydrogen) atoms. The predicted molar refractivity (Wildman–Crippen MR) is 121 cm³/mol. The molecular formula is C23H18BrN5O3. The molecule has 1 spiro atoms. The molecule has 8 nitrogen and oxygen atoms in total. The van der Waals surface area contributed by atoms with Crippen molar-refractivity contribution in [1.82, 2.24) is 10.2 Å². The summed E-state index contributed by atoms with van der Waals surface area (Å²) in [6.07, 6.45) is 0. The van der Waals surface area contributed by atoms with Crippen LogP contribution in [0.1, 0.15) is 23.6 Å². The van der Waals surface area contributed by atoms with Crippen molar-refractivity contribution in [1.29, 1.82) is 5.26 Å². The second kappa shape index (κ2) is 7.14. The lowest BCUT2D eigenvalue weighted by Gasteiger charge is -2.32. The van der Waals surface area contributed by atoms with Gasteiger partial charge in [0.15, 0.2) is 0 Å². The summed E-state index contributed by atoms with van der Waals surface area (Å²) in [5.74, 6) is 0.333. The van der Waals surface area contributed by atoms with Crippen LogP contribution < -0.4 is 20.5 Å². The number of anilines is 1. The van der Waals surface area contributed by atoms with Crippen LogP contribution in [-0.2, 0) is 10.2 Å². The minimum atomic E-state index is -1.52. The first kappa shape index (κ1) is 20.2. The first-order valence-electron chi connectivity index (χ1n) is 9.94. The highest BCUT2D eigenvalue weighted by Gasteiger charge is 2.59. The van der Waals surface area contributed by atoms with E-state index in [0.29, 0.717) is 33.6 Å². The highest BCUT2D eigenvalue weighted by Crippen LogP contribution is 2.57. The molecule has 0 saturated heterocycles. The van der Waals surface area contributed by atoms with Crippen molar-refractivity contribution in [3.05, 3.63) is 69.0 Å². The number of hydrogen-bond acceptors (Lipinski definition) is 6. The van der Waals surface area contributed by atoms with Crippen LogP contribution in [0.2, 0.25) is 0 Å². The van der Waals surface area contributed by atoms with Crippen LogP contribution in [-0.4, -0.2) is 22.7 Å². The van der Waals surface area contributed by atoms with Crippen molar-refractivity contribution in [2.45, 2.75) is 19.3 Å². The third-order valence-electron chi connectivity index (χ3n) is 5.80. The van der Waals surface area contributed by atoms with Gasteiger partial charge in [0.1, 0.15) is 22.8 Å². The number of H-pyrrole nitrogens is 1. The number of nitrogens with zero attached hydrogens (tertiary/aromatic N) is 2. The van der Waals surface area contributed by atoms with Gasteiger partial charge >= 0.3 is 0 Å². The van der Waals surface area contributed by atoms with E-state index >= 15 is 0 Å². The average molecular weight is 492 g/mol. The molecule has 4 N–H and O–H groups in total. The van der Waals surface area contributed by atoms with E-state index in [1.165, 1.54) is 0 Å². The lowest BCUT2D eigenvalue weighted by atomic mass is 9.68. The van der Waals surface area contributed by atoms with Gasteiger partial charge in [-0.25, -0.2) is 0 Å². The van der Waals surface area contributed by atoms with Gasteiger partial charge in [0.05, 0.1) is 17.9 Å². The van der Waals surface area contributed by atoms with Crippen molar-refractivity contribution < 1.29 is 14.3 Å². The summed E-state index contributed by atoms with van der Waals surface area (Å²) in [7, 11) is 0. The molecule has 0 radical (unpaired) electrons. The number of rotatable bonds is 3.